The highest BCUT2D eigenvalue weighted by molar-refractivity contribution is 7.89. The molecule has 1 unspecified atom stereocenters. The van der Waals surface area contributed by atoms with E-state index in [1.165, 1.54) is 39.3 Å². The summed E-state index contributed by atoms with van der Waals surface area (Å²) in [4.78, 5) is -0.0344. The van der Waals surface area contributed by atoms with E-state index in [4.69, 9.17) is 14.7 Å². The predicted octanol–water partition coefficient (Wildman–Crippen LogP) is 0.894. The summed E-state index contributed by atoms with van der Waals surface area (Å²) in [7, 11) is -0.959. The minimum atomic E-state index is -3.79. The zero-order chi connectivity index (χ0) is 13.8. The molecule has 1 aromatic carbocycles. The van der Waals surface area contributed by atoms with Crippen molar-refractivity contribution in [1.29, 1.82) is 5.26 Å². The topological polar surface area (TPSA) is 88.4 Å². The van der Waals surface area contributed by atoms with Gasteiger partial charge >= 0.3 is 0 Å². The summed E-state index contributed by atoms with van der Waals surface area (Å²) in [6.07, 6.45) is 0. The fraction of sp³-hybridized carbons (Fsp3) is 0.364. The minimum absolute atomic E-state index is 0.0344. The SMILES string of the molecule is COc1ccc(S(=O)(=O)NC(C)C#N)c(OC)c1. The predicted molar refractivity (Wildman–Crippen MR) is 64.9 cm³/mol. The van der Waals surface area contributed by atoms with E-state index in [0.29, 0.717) is 5.75 Å². The molecule has 0 aliphatic carbocycles. The zero-order valence-electron chi connectivity index (χ0n) is 10.3. The van der Waals surface area contributed by atoms with Crippen LogP contribution in [0.2, 0.25) is 0 Å². The summed E-state index contributed by atoms with van der Waals surface area (Å²) in [5.41, 5.74) is 0. The van der Waals surface area contributed by atoms with Crippen LogP contribution in [0.5, 0.6) is 11.5 Å². The van der Waals surface area contributed by atoms with Gasteiger partial charge in [-0.1, -0.05) is 0 Å². The summed E-state index contributed by atoms with van der Waals surface area (Å²) >= 11 is 0. The Hall–Kier alpha value is -1.78. The first kappa shape index (κ1) is 14.3. The van der Waals surface area contributed by atoms with Gasteiger partial charge in [0.1, 0.15) is 22.4 Å². The minimum Gasteiger partial charge on any atom is -0.497 e. The smallest absolute Gasteiger partial charge is 0.245 e. The second-order valence-electron chi connectivity index (χ2n) is 3.49. The molecule has 0 heterocycles. The molecule has 18 heavy (non-hydrogen) atoms. The van der Waals surface area contributed by atoms with Crippen LogP contribution >= 0.6 is 0 Å². The third kappa shape index (κ3) is 3.12. The van der Waals surface area contributed by atoms with Crippen LogP contribution in [0.1, 0.15) is 6.92 Å². The monoisotopic (exact) mass is 270 g/mol. The van der Waals surface area contributed by atoms with Crippen LogP contribution in [0.3, 0.4) is 0 Å². The molecule has 0 aliphatic heterocycles. The van der Waals surface area contributed by atoms with Crippen LogP contribution in [-0.4, -0.2) is 28.7 Å². The highest BCUT2D eigenvalue weighted by Crippen LogP contribution is 2.28. The lowest BCUT2D eigenvalue weighted by Crippen LogP contribution is -2.31. The van der Waals surface area contributed by atoms with E-state index in [0.717, 1.165) is 0 Å². The molecule has 1 aromatic rings. The maximum absolute atomic E-state index is 12.0. The van der Waals surface area contributed by atoms with E-state index in [1.807, 2.05) is 0 Å². The molecule has 7 heteroatoms. The molecular weight excluding hydrogens is 256 g/mol. The number of benzene rings is 1. The number of rotatable bonds is 5. The van der Waals surface area contributed by atoms with Crippen molar-refractivity contribution in [3.8, 4) is 17.6 Å². The van der Waals surface area contributed by atoms with E-state index in [2.05, 4.69) is 4.72 Å². The van der Waals surface area contributed by atoms with Crippen LogP contribution in [0.15, 0.2) is 23.1 Å². The van der Waals surface area contributed by atoms with Crippen LogP contribution in [0, 0.1) is 11.3 Å². The van der Waals surface area contributed by atoms with E-state index < -0.39 is 16.1 Å². The zero-order valence-corrected chi connectivity index (χ0v) is 11.1. The van der Waals surface area contributed by atoms with Crippen LogP contribution in [-0.2, 0) is 10.0 Å². The van der Waals surface area contributed by atoms with Crippen LogP contribution in [0.25, 0.3) is 0 Å². The van der Waals surface area contributed by atoms with Crippen LogP contribution < -0.4 is 14.2 Å². The van der Waals surface area contributed by atoms with E-state index in [9.17, 15) is 8.42 Å². The largest absolute Gasteiger partial charge is 0.497 e. The van der Waals surface area contributed by atoms with Gasteiger partial charge in [0.05, 0.1) is 20.3 Å². The number of hydrogen-bond donors (Lipinski definition) is 1. The third-order valence-corrected chi connectivity index (χ3v) is 3.77. The highest BCUT2D eigenvalue weighted by Gasteiger charge is 2.21. The molecule has 0 bridgehead atoms. The number of nitrogens with zero attached hydrogens (tertiary/aromatic N) is 1. The number of nitrogens with one attached hydrogen (secondary N) is 1. The van der Waals surface area contributed by atoms with Gasteiger partial charge in [-0.3, -0.25) is 0 Å². The Morgan fingerprint density at radius 3 is 2.50 bits per heavy atom. The first-order chi connectivity index (χ1) is 8.44. The van der Waals surface area contributed by atoms with E-state index >= 15 is 0 Å². The molecule has 0 radical (unpaired) electrons. The average Bonchev–Trinajstić information content (AvgIpc) is 2.37. The molecular formula is C11H14N2O4S. The molecule has 0 aliphatic rings. The van der Waals surface area contributed by atoms with Gasteiger partial charge in [-0.15, -0.1) is 0 Å². The first-order valence-electron chi connectivity index (χ1n) is 5.08. The number of methoxy groups -OCH3 is 2. The lowest BCUT2D eigenvalue weighted by atomic mass is 10.3. The van der Waals surface area contributed by atoms with Crippen molar-refractivity contribution in [3.05, 3.63) is 18.2 Å². The highest BCUT2D eigenvalue weighted by atomic mass is 32.2. The molecule has 98 valence electrons. The second-order valence-corrected chi connectivity index (χ2v) is 5.17. The van der Waals surface area contributed by atoms with E-state index in [1.54, 1.807) is 6.07 Å². The standard InChI is InChI=1S/C11H14N2O4S/c1-8(7-12)13-18(14,15)11-5-4-9(16-2)6-10(11)17-3/h4-6,8,13H,1-3H3. The van der Waals surface area contributed by atoms with Crippen LogP contribution in [0.4, 0.5) is 0 Å². The van der Waals surface area contributed by atoms with Gasteiger partial charge in [0.25, 0.3) is 0 Å². The number of ether oxygens (including phenoxy) is 2. The summed E-state index contributed by atoms with van der Waals surface area (Å²) < 4.78 is 36.2. The van der Waals surface area contributed by atoms with Gasteiger partial charge in [0.2, 0.25) is 10.0 Å². The fourth-order valence-corrected chi connectivity index (χ4v) is 2.62. The Morgan fingerprint density at radius 1 is 1.33 bits per heavy atom. The molecule has 0 amide bonds. The Labute approximate surface area is 106 Å². The Kier molecular flexibility index (Phi) is 4.53. The van der Waals surface area contributed by atoms with Crippen molar-refractivity contribution in [2.75, 3.05) is 14.2 Å². The summed E-state index contributed by atoms with van der Waals surface area (Å²) in [6, 6.07) is 5.31. The van der Waals surface area contributed by atoms with Crippen molar-refractivity contribution < 1.29 is 17.9 Å². The molecule has 0 saturated carbocycles. The molecule has 0 spiro atoms. The van der Waals surface area contributed by atoms with Crippen molar-refractivity contribution in [2.45, 2.75) is 17.9 Å². The maximum atomic E-state index is 12.0. The molecule has 1 rings (SSSR count). The molecule has 0 saturated heterocycles. The average molecular weight is 270 g/mol. The van der Waals surface area contributed by atoms with Gasteiger partial charge in [-0.25, -0.2) is 8.42 Å². The van der Waals surface area contributed by atoms with Crippen molar-refractivity contribution in [1.82, 2.24) is 4.72 Å². The molecule has 1 atom stereocenters. The quantitative estimate of drug-likeness (QED) is 0.858. The van der Waals surface area contributed by atoms with E-state index in [-0.39, 0.29) is 10.6 Å². The summed E-state index contributed by atoms with van der Waals surface area (Å²) in [5.74, 6) is 0.645. The fourth-order valence-electron chi connectivity index (χ4n) is 1.32. The molecule has 1 N–H and O–H groups in total. The second kappa shape index (κ2) is 5.71. The molecule has 6 nitrogen and oxygen atoms in total. The van der Waals surface area contributed by atoms with Gasteiger partial charge in [-0.05, 0) is 19.1 Å². The normalized spacial score (nSPS) is 12.6. The number of sulfonamides is 1. The molecule has 0 aromatic heterocycles. The number of hydrogen-bond acceptors (Lipinski definition) is 5. The van der Waals surface area contributed by atoms with Crippen molar-refractivity contribution in [2.24, 2.45) is 0 Å². The summed E-state index contributed by atoms with van der Waals surface area (Å²) in [6.45, 7) is 1.45. The summed E-state index contributed by atoms with van der Waals surface area (Å²) in [5, 5.41) is 8.63. The lowest BCUT2D eigenvalue weighted by Gasteiger charge is -2.12. The van der Waals surface area contributed by atoms with Crippen molar-refractivity contribution in [3.63, 3.8) is 0 Å². The Balaban J connectivity index is 3.20. The van der Waals surface area contributed by atoms with Crippen molar-refractivity contribution >= 4 is 10.0 Å². The first-order valence-corrected chi connectivity index (χ1v) is 6.57. The Morgan fingerprint density at radius 2 is 2.00 bits per heavy atom. The van der Waals surface area contributed by atoms with Gasteiger partial charge < -0.3 is 9.47 Å². The lowest BCUT2D eigenvalue weighted by molar-refractivity contribution is 0.386. The van der Waals surface area contributed by atoms with Gasteiger partial charge in [0.15, 0.2) is 0 Å². The maximum Gasteiger partial charge on any atom is 0.245 e. The van der Waals surface area contributed by atoms with Gasteiger partial charge in [0, 0.05) is 6.07 Å². The number of nitriles is 1. The van der Waals surface area contributed by atoms with Gasteiger partial charge in [-0.2, -0.15) is 9.98 Å². The molecule has 0 fully saturated rings. The third-order valence-electron chi connectivity index (χ3n) is 2.19. The Bertz CT molecular complexity index is 563.